The number of rotatable bonds is 5. The van der Waals surface area contributed by atoms with Crippen LogP contribution in [0.4, 0.5) is 11.4 Å². The third-order valence-electron chi connectivity index (χ3n) is 4.14. The van der Waals surface area contributed by atoms with Gasteiger partial charge >= 0.3 is 0 Å². The van der Waals surface area contributed by atoms with Gasteiger partial charge in [0.25, 0.3) is 11.6 Å². The van der Waals surface area contributed by atoms with Gasteiger partial charge in [-0.1, -0.05) is 6.07 Å². The number of anilines is 1. The SMILES string of the molecule is O=C(Nc1cccc(S(=O)(=O)N2CCCC2)c1)c1ccc([N+](=O)[O-])cc1. The number of carbonyl (C=O) groups is 1. The molecule has 136 valence electrons. The molecular weight excluding hydrogens is 358 g/mol. The molecule has 0 spiro atoms. The van der Waals surface area contributed by atoms with E-state index in [1.807, 2.05) is 0 Å². The van der Waals surface area contributed by atoms with Gasteiger partial charge in [0.05, 0.1) is 9.82 Å². The number of hydrogen-bond acceptors (Lipinski definition) is 5. The van der Waals surface area contributed by atoms with Gasteiger partial charge in [-0.15, -0.1) is 0 Å². The predicted octanol–water partition coefficient (Wildman–Crippen LogP) is 2.63. The molecule has 1 fully saturated rings. The van der Waals surface area contributed by atoms with Gasteiger partial charge in [-0.2, -0.15) is 4.31 Å². The van der Waals surface area contributed by atoms with E-state index in [-0.39, 0.29) is 16.1 Å². The fourth-order valence-electron chi connectivity index (χ4n) is 2.75. The lowest BCUT2D eigenvalue weighted by molar-refractivity contribution is -0.384. The second-order valence-electron chi connectivity index (χ2n) is 5.90. The summed E-state index contributed by atoms with van der Waals surface area (Å²) in [6.45, 7) is 1.00. The van der Waals surface area contributed by atoms with Crippen LogP contribution in [0.3, 0.4) is 0 Å². The first-order valence-electron chi connectivity index (χ1n) is 8.04. The Kier molecular flexibility index (Phi) is 5.01. The Labute approximate surface area is 150 Å². The summed E-state index contributed by atoms with van der Waals surface area (Å²) in [5.74, 6) is -0.476. The number of amides is 1. The van der Waals surface area contributed by atoms with Crippen LogP contribution in [-0.2, 0) is 10.0 Å². The molecular formula is C17H17N3O5S. The van der Waals surface area contributed by atoms with E-state index in [0.717, 1.165) is 12.8 Å². The standard InChI is InChI=1S/C17H17N3O5S/c21-17(13-6-8-15(9-7-13)20(22)23)18-14-4-3-5-16(12-14)26(24,25)19-10-1-2-11-19/h3-9,12H,1-2,10-11H2,(H,18,21). The number of hydrogen-bond donors (Lipinski definition) is 1. The molecule has 1 aliphatic heterocycles. The van der Waals surface area contributed by atoms with Gasteiger partial charge in [-0.05, 0) is 43.2 Å². The minimum atomic E-state index is -3.57. The maximum Gasteiger partial charge on any atom is 0.269 e. The fourth-order valence-corrected chi connectivity index (χ4v) is 4.31. The Bertz CT molecular complexity index is 935. The minimum Gasteiger partial charge on any atom is -0.322 e. The minimum absolute atomic E-state index is 0.111. The number of sulfonamides is 1. The molecule has 8 nitrogen and oxygen atoms in total. The summed E-state index contributed by atoms with van der Waals surface area (Å²) in [6.07, 6.45) is 1.69. The van der Waals surface area contributed by atoms with Gasteiger partial charge in [0.15, 0.2) is 0 Å². The summed E-state index contributed by atoms with van der Waals surface area (Å²) in [7, 11) is -3.57. The molecule has 0 bridgehead atoms. The number of carbonyl (C=O) groups excluding carboxylic acids is 1. The maximum absolute atomic E-state index is 12.6. The summed E-state index contributed by atoms with van der Waals surface area (Å²) < 4.78 is 26.6. The van der Waals surface area contributed by atoms with Crippen LogP contribution in [0.5, 0.6) is 0 Å². The van der Waals surface area contributed by atoms with E-state index in [0.29, 0.717) is 18.8 Å². The van der Waals surface area contributed by atoms with Crippen molar-refractivity contribution in [3.8, 4) is 0 Å². The first-order chi connectivity index (χ1) is 12.4. The number of nitrogens with one attached hydrogen (secondary N) is 1. The number of benzene rings is 2. The molecule has 0 atom stereocenters. The van der Waals surface area contributed by atoms with E-state index >= 15 is 0 Å². The Morgan fingerprint density at radius 1 is 1.08 bits per heavy atom. The highest BCUT2D eigenvalue weighted by Gasteiger charge is 2.27. The lowest BCUT2D eigenvalue weighted by Gasteiger charge is -2.16. The van der Waals surface area contributed by atoms with Crippen LogP contribution in [0.2, 0.25) is 0 Å². The molecule has 1 amide bonds. The van der Waals surface area contributed by atoms with E-state index in [1.54, 1.807) is 12.1 Å². The fraction of sp³-hybridized carbons (Fsp3) is 0.235. The normalized spacial score (nSPS) is 14.9. The van der Waals surface area contributed by atoms with E-state index in [2.05, 4.69) is 5.32 Å². The quantitative estimate of drug-likeness (QED) is 0.638. The van der Waals surface area contributed by atoms with E-state index in [1.165, 1.54) is 40.7 Å². The zero-order valence-electron chi connectivity index (χ0n) is 13.8. The molecule has 26 heavy (non-hydrogen) atoms. The molecule has 2 aromatic carbocycles. The van der Waals surface area contributed by atoms with Gasteiger partial charge in [-0.25, -0.2) is 8.42 Å². The summed E-state index contributed by atoms with van der Waals surface area (Å²) in [6, 6.07) is 11.2. The van der Waals surface area contributed by atoms with Crippen LogP contribution in [0.25, 0.3) is 0 Å². The molecule has 0 unspecified atom stereocenters. The van der Waals surface area contributed by atoms with Crippen molar-refractivity contribution in [3.05, 3.63) is 64.2 Å². The van der Waals surface area contributed by atoms with E-state index in [4.69, 9.17) is 0 Å². The molecule has 1 saturated heterocycles. The number of nitrogens with zero attached hydrogens (tertiary/aromatic N) is 2. The van der Waals surface area contributed by atoms with Crippen molar-refractivity contribution in [1.82, 2.24) is 4.31 Å². The molecule has 9 heteroatoms. The van der Waals surface area contributed by atoms with Crippen molar-refractivity contribution in [2.24, 2.45) is 0 Å². The van der Waals surface area contributed by atoms with E-state index < -0.39 is 20.9 Å². The van der Waals surface area contributed by atoms with Crippen LogP contribution in [0.1, 0.15) is 23.2 Å². The monoisotopic (exact) mass is 375 g/mol. The number of nitro groups is 1. The van der Waals surface area contributed by atoms with Crippen LogP contribution < -0.4 is 5.32 Å². The second-order valence-corrected chi connectivity index (χ2v) is 7.84. The van der Waals surface area contributed by atoms with Crippen molar-refractivity contribution >= 4 is 27.3 Å². The Morgan fingerprint density at radius 2 is 1.73 bits per heavy atom. The van der Waals surface area contributed by atoms with Crippen molar-refractivity contribution < 1.29 is 18.1 Å². The number of non-ortho nitro benzene ring substituents is 1. The Hall–Kier alpha value is -2.78. The third kappa shape index (κ3) is 3.73. The van der Waals surface area contributed by atoms with Crippen LogP contribution >= 0.6 is 0 Å². The molecule has 2 aromatic rings. The van der Waals surface area contributed by atoms with Crippen LogP contribution in [0.15, 0.2) is 53.4 Å². The van der Waals surface area contributed by atoms with Crippen molar-refractivity contribution in [2.45, 2.75) is 17.7 Å². The summed E-state index contributed by atoms with van der Waals surface area (Å²) in [4.78, 5) is 22.5. The zero-order chi connectivity index (χ0) is 18.7. The topological polar surface area (TPSA) is 110 Å². The van der Waals surface area contributed by atoms with Gasteiger partial charge in [-0.3, -0.25) is 14.9 Å². The molecule has 0 saturated carbocycles. The molecule has 1 heterocycles. The molecule has 1 aliphatic rings. The molecule has 0 aromatic heterocycles. The highest BCUT2D eigenvalue weighted by atomic mass is 32.2. The van der Waals surface area contributed by atoms with Crippen LogP contribution in [-0.4, -0.2) is 36.6 Å². The highest BCUT2D eigenvalue weighted by molar-refractivity contribution is 7.89. The van der Waals surface area contributed by atoms with Crippen molar-refractivity contribution in [3.63, 3.8) is 0 Å². The average Bonchev–Trinajstić information content (AvgIpc) is 3.17. The predicted molar refractivity (Wildman–Crippen MR) is 95.5 cm³/mol. The molecule has 3 rings (SSSR count). The Morgan fingerprint density at radius 3 is 2.35 bits per heavy atom. The summed E-state index contributed by atoms with van der Waals surface area (Å²) in [5, 5.41) is 13.3. The lowest BCUT2D eigenvalue weighted by Crippen LogP contribution is -2.27. The van der Waals surface area contributed by atoms with Gasteiger partial charge in [0.1, 0.15) is 0 Å². The molecule has 1 N–H and O–H groups in total. The van der Waals surface area contributed by atoms with E-state index in [9.17, 15) is 23.3 Å². The number of nitro benzene ring substituents is 1. The third-order valence-corrected chi connectivity index (χ3v) is 6.03. The Balaban J connectivity index is 1.78. The smallest absolute Gasteiger partial charge is 0.269 e. The van der Waals surface area contributed by atoms with Crippen LogP contribution in [0, 0.1) is 10.1 Å². The lowest BCUT2D eigenvalue weighted by atomic mass is 10.2. The molecule has 0 aliphatic carbocycles. The summed E-state index contributed by atoms with van der Waals surface area (Å²) in [5.41, 5.74) is 0.470. The zero-order valence-corrected chi connectivity index (χ0v) is 14.6. The second kappa shape index (κ2) is 7.22. The van der Waals surface area contributed by atoms with Crippen molar-refractivity contribution in [1.29, 1.82) is 0 Å². The highest BCUT2D eigenvalue weighted by Crippen LogP contribution is 2.23. The average molecular weight is 375 g/mol. The summed E-state index contributed by atoms with van der Waals surface area (Å²) >= 11 is 0. The van der Waals surface area contributed by atoms with Gasteiger partial charge in [0, 0.05) is 36.5 Å². The van der Waals surface area contributed by atoms with Gasteiger partial charge in [0.2, 0.25) is 10.0 Å². The first-order valence-corrected chi connectivity index (χ1v) is 9.48. The van der Waals surface area contributed by atoms with Crippen molar-refractivity contribution in [2.75, 3.05) is 18.4 Å². The molecule has 0 radical (unpaired) electrons. The van der Waals surface area contributed by atoms with Gasteiger partial charge < -0.3 is 5.32 Å². The largest absolute Gasteiger partial charge is 0.322 e. The maximum atomic E-state index is 12.6. The first kappa shape index (κ1) is 18.0.